The van der Waals surface area contributed by atoms with Gasteiger partial charge in [0.05, 0.1) is 11.4 Å². The number of hydrogen-bond donors (Lipinski definition) is 1. The number of carbonyl (C=O) groups is 1. The summed E-state index contributed by atoms with van der Waals surface area (Å²) in [6.07, 6.45) is 8.91. The topological polar surface area (TPSA) is 46.5 Å². The molecular formula is C22H27FO3. The summed E-state index contributed by atoms with van der Waals surface area (Å²) < 4.78 is 18.7. The normalized spacial score (nSPS) is 16.5. The number of rotatable bonds is 5. The van der Waals surface area contributed by atoms with Gasteiger partial charge in [0.1, 0.15) is 11.9 Å². The second-order valence-corrected chi connectivity index (χ2v) is 6.00. The molecule has 0 amide bonds. The summed E-state index contributed by atoms with van der Waals surface area (Å²) in [6, 6.07) is 4.69. The molecule has 0 fully saturated rings. The minimum Gasteiger partial charge on any atom is -0.486 e. The highest BCUT2D eigenvalue weighted by Gasteiger charge is 2.21. The van der Waals surface area contributed by atoms with Crippen molar-refractivity contribution in [2.45, 2.75) is 46.6 Å². The van der Waals surface area contributed by atoms with Crippen LogP contribution in [0.5, 0.6) is 5.75 Å². The first-order valence-electron chi connectivity index (χ1n) is 8.77. The van der Waals surface area contributed by atoms with E-state index in [2.05, 4.69) is 20.4 Å². The lowest BCUT2D eigenvalue weighted by Crippen LogP contribution is -2.16. The van der Waals surface area contributed by atoms with Crippen molar-refractivity contribution in [3.8, 4) is 5.75 Å². The minimum atomic E-state index is -1.01. The summed E-state index contributed by atoms with van der Waals surface area (Å²) in [5.41, 5.74) is 2.32. The Morgan fingerprint density at radius 3 is 2.46 bits per heavy atom. The van der Waals surface area contributed by atoms with Gasteiger partial charge in [-0.25, -0.2) is 9.18 Å². The molecule has 2 rings (SSSR count). The number of fused-ring (bicyclic) bond motifs is 1. The van der Waals surface area contributed by atoms with E-state index in [1.165, 1.54) is 31.9 Å². The van der Waals surface area contributed by atoms with E-state index in [1.807, 2.05) is 13.0 Å². The lowest BCUT2D eigenvalue weighted by atomic mass is 9.92. The molecule has 0 aliphatic carbocycles. The molecule has 0 saturated heterocycles. The molecule has 1 atom stereocenters. The van der Waals surface area contributed by atoms with Crippen molar-refractivity contribution in [1.29, 1.82) is 0 Å². The molecule has 0 spiro atoms. The molecule has 1 N–H and O–H groups in total. The molecule has 0 radical (unpaired) electrons. The average molecular weight is 358 g/mol. The fourth-order valence-electron chi connectivity index (χ4n) is 2.26. The number of aromatic carboxylic acids is 1. The monoisotopic (exact) mass is 358 g/mol. The highest BCUT2D eigenvalue weighted by Crippen LogP contribution is 2.37. The van der Waals surface area contributed by atoms with Crippen molar-refractivity contribution < 1.29 is 19.0 Å². The van der Waals surface area contributed by atoms with Gasteiger partial charge in [-0.3, -0.25) is 0 Å². The van der Waals surface area contributed by atoms with Gasteiger partial charge in [0.15, 0.2) is 0 Å². The highest BCUT2D eigenvalue weighted by atomic mass is 19.1. The van der Waals surface area contributed by atoms with Crippen LogP contribution in [0, 0.1) is 0 Å². The minimum absolute atomic E-state index is 0.169. The van der Waals surface area contributed by atoms with Crippen molar-refractivity contribution in [1.82, 2.24) is 0 Å². The average Bonchev–Trinajstić information content (AvgIpc) is 2.61. The lowest BCUT2D eigenvalue weighted by Gasteiger charge is -2.24. The van der Waals surface area contributed by atoms with Crippen LogP contribution >= 0.6 is 0 Å². The van der Waals surface area contributed by atoms with E-state index >= 15 is 0 Å². The molecule has 0 bridgehead atoms. The van der Waals surface area contributed by atoms with Gasteiger partial charge >= 0.3 is 5.97 Å². The Morgan fingerprint density at radius 2 is 1.96 bits per heavy atom. The van der Waals surface area contributed by atoms with Crippen LogP contribution in [0.15, 0.2) is 60.5 Å². The smallest absolute Gasteiger partial charge is 0.335 e. The third-order valence-electron chi connectivity index (χ3n) is 3.75. The van der Waals surface area contributed by atoms with E-state index in [0.717, 1.165) is 5.57 Å². The second kappa shape index (κ2) is 10.4. The Morgan fingerprint density at radius 1 is 1.31 bits per heavy atom. The maximum atomic E-state index is 13.0. The van der Waals surface area contributed by atoms with E-state index in [9.17, 15) is 9.18 Å². The lowest BCUT2D eigenvalue weighted by molar-refractivity contribution is 0.0697. The van der Waals surface area contributed by atoms with Gasteiger partial charge in [0.2, 0.25) is 0 Å². The Balaban J connectivity index is 0.000000765. The SMILES string of the molecule is C=C/C(=C\C=C(/C)F)C1=CC(C)Oc2ccc(C(=O)O)cc21.CCCC. The summed E-state index contributed by atoms with van der Waals surface area (Å²) in [5.74, 6) is -0.729. The van der Waals surface area contributed by atoms with Gasteiger partial charge in [0, 0.05) is 5.56 Å². The Bertz CT molecular complexity index is 736. The first-order chi connectivity index (χ1) is 12.3. The van der Waals surface area contributed by atoms with Crippen molar-refractivity contribution in [3.05, 3.63) is 71.6 Å². The molecular weight excluding hydrogens is 331 g/mol. The van der Waals surface area contributed by atoms with Gasteiger partial charge in [-0.05, 0) is 55.3 Å². The fraction of sp³-hybridized carbons (Fsp3) is 0.318. The fourth-order valence-corrected chi connectivity index (χ4v) is 2.26. The maximum absolute atomic E-state index is 13.0. The van der Waals surface area contributed by atoms with E-state index in [-0.39, 0.29) is 17.5 Å². The second-order valence-electron chi connectivity index (χ2n) is 6.00. The van der Waals surface area contributed by atoms with Crippen LogP contribution in [-0.4, -0.2) is 17.2 Å². The standard InChI is InChI=1S/C18H17FO3.C4H10/c1-4-13(6-5-11(2)19)15-9-12(3)22-17-8-7-14(18(20)21)10-16(15)17;1-3-4-2/h4-10,12H,1H2,2-3H3,(H,20,21);3-4H2,1-2H3/b11-5+,13-6+;. The van der Waals surface area contributed by atoms with Crippen molar-refractivity contribution in [3.63, 3.8) is 0 Å². The zero-order valence-electron chi connectivity index (χ0n) is 15.9. The van der Waals surface area contributed by atoms with Crippen LogP contribution in [0.1, 0.15) is 56.5 Å². The quantitative estimate of drug-likeness (QED) is 0.625. The van der Waals surface area contributed by atoms with E-state index < -0.39 is 5.97 Å². The molecule has 1 aliphatic heterocycles. The predicted molar refractivity (Wildman–Crippen MR) is 105 cm³/mol. The summed E-state index contributed by atoms with van der Waals surface area (Å²) >= 11 is 0. The molecule has 26 heavy (non-hydrogen) atoms. The van der Waals surface area contributed by atoms with Crippen molar-refractivity contribution in [2.75, 3.05) is 0 Å². The van der Waals surface area contributed by atoms with Gasteiger partial charge in [0.25, 0.3) is 0 Å². The number of carboxylic acids is 1. The van der Waals surface area contributed by atoms with Crippen molar-refractivity contribution >= 4 is 11.5 Å². The molecule has 1 heterocycles. The number of ether oxygens (including phenoxy) is 1. The van der Waals surface area contributed by atoms with Crippen molar-refractivity contribution in [2.24, 2.45) is 0 Å². The zero-order chi connectivity index (χ0) is 19.7. The van der Waals surface area contributed by atoms with Gasteiger partial charge in [-0.15, -0.1) is 0 Å². The summed E-state index contributed by atoms with van der Waals surface area (Å²) in [6.45, 7) is 11.3. The first kappa shape index (κ1) is 21.4. The molecule has 3 nitrogen and oxygen atoms in total. The Labute approximate surface area is 155 Å². The number of carboxylic acid groups (broad SMARTS) is 1. The van der Waals surface area contributed by atoms with Crippen LogP contribution in [0.2, 0.25) is 0 Å². The Kier molecular flexibility index (Phi) is 8.56. The molecule has 1 aliphatic rings. The van der Waals surface area contributed by atoms with Crippen LogP contribution in [-0.2, 0) is 0 Å². The largest absolute Gasteiger partial charge is 0.486 e. The van der Waals surface area contributed by atoms with E-state index in [0.29, 0.717) is 16.9 Å². The molecule has 0 aromatic heterocycles. The molecule has 140 valence electrons. The number of hydrogen-bond acceptors (Lipinski definition) is 2. The third kappa shape index (κ3) is 6.03. The number of halogens is 1. The Hall–Kier alpha value is -2.62. The molecule has 1 aromatic carbocycles. The number of allylic oxidation sites excluding steroid dienone is 6. The number of unbranched alkanes of at least 4 members (excludes halogenated alkanes) is 1. The molecule has 0 saturated carbocycles. The summed E-state index contributed by atoms with van der Waals surface area (Å²) in [5, 5.41) is 9.14. The van der Waals surface area contributed by atoms with Crippen LogP contribution < -0.4 is 4.74 Å². The number of benzene rings is 1. The summed E-state index contributed by atoms with van der Waals surface area (Å²) in [7, 11) is 0. The van der Waals surface area contributed by atoms with Crippen LogP contribution in [0.3, 0.4) is 0 Å². The van der Waals surface area contributed by atoms with Gasteiger partial charge in [-0.1, -0.05) is 45.4 Å². The molecule has 4 heteroatoms. The van der Waals surface area contributed by atoms with Crippen LogP contribution in [0.25, 0.3) is 5.57 Å². The zero-order valence-corrected chi connectivity index (χ0v) is 15.9. The third-order valence-corrected chi connectivity index (χ3v) is 3.75. The van der Waals surface area contributed by atoms with Gasteiger partial charge < -0.3 is 9.84 Å². The molecule has 1 aromatic rings. The van der Waals surface area contributed by atoms with E-state index in [1.54, 1.807) is 24.3 Å². The first-order valence-corrected chi connectivity index (χ1v) is 8.77. The van der Waals surface area contributed by atoms with Gasteiger partial charge in [-0.2, -0.15) is 0 Å². The molecule has 1 unspecified atom stereocenters. The van der Waals surface area contributed by atoms with Crippen LogP contribution in [0.4, 0.5) is 4.39 Å². The predicted octanol–water partition coefficient (Wildman–Crippen LogP) is 6.34. The summed E-state index contributed by atoms with van der Waals surface area (Å²) in [4.78, 5) is 11.2. The highest BCUT2D eigenvalue weighted by molar-refractivity contribution is 5.92. The van der Waals surface area contributed by atoms with E-state index in [4.69, 9.17) is 9.84 Å². The maximum Gasteiger partial charge on any atom is 0.335 e.